The molecule has 36 heavy (non-hydrogen) atoms. The molecule has 1 aromatic heterocycles. The summed E-state index contributed by atoms with van der Waals surface area (Å²) in [6.45, 7) is 2.61. The lowest BCUT2D eigenvalue weighted by Crippen LogP contribution is -2.18. The molecule has 0 spiro atoms. The predicted octanol–water partition coefficient (Wildman–Crippen LogP) is 4.64. The zero-order chi connectivity index (χ0) is 25.3. The second kappa shape index (κ2) is 10.0. The summed E-state index contributed by atoms with van der Waals surface area (Å²) in [4.78, 5) is 23.4. The van der Waals surface area contributed by atoms with Crippen LogP contribution in [-0.2, 0) is 9.53 Å². The van der Waals surface area contributed by atoms with Gasteiger partial charge in [-0.05, 0) is 50.7 Å². The first kappa shape index (κ1) is 24.4. The van der Waals surface area contributed by atoms with Gasteiger partial charge in [0, 0.05) is 35.2 Å². The number of rotatable bonds is 9. The number of fused-ring (bicyclic) bond motifs is 2. The van der Waals surface area contributed by atoms with Crippen molar-refractivity contribution >= 4 is 45.6 Å². The highest BCUT2D eigenvalue weighted by molar-refractivity contribution is 6.31. The Bertz CT molecular complexity index is 1330. The highest BCUT2D eigenvalue weighted by atomic mass is 35.5. The lowest BCUT2D eigenvalue weighted by atomic mass is 10.1. The first-order valence-corrected chi connectivity index (χ1v) is 12.0. The Morgan fingerprint density at radius 2 is 2.19 bits per heavy atom. The Kier molecular flexibility index (Phi) is 6.79. The third-order valence-corrected chi connectivity index (χ3v) is 6.79. The molecule has 2 atom stereocenters. The monoisotopic (exact) mass is 511 g/mol. The summed E-state index contributed by atoms with van der Waals surface area (Å²) >= 11 is 5.94. The van der Waals surface area contributed by atoms with Crippen LogP contribution < -0.4 is 15.4 Å². The van der Waals surface area contributed by atoms with Crippen LogP contribution in [0.4, 0.5) is 21.6 Å². The van der Waals surface area contributed by atoms with Gasteiger partial charge in [0.25, 0.3) is 0 Å². The minimum Gasteiger partial charge on any atom is -0.491 e. The molecule has 0 radical (unpaired) electrons. The lowest BCUT2D eigenvalue weighted by Gasteiger charge is -2.17. The Labute approximate surface area is 213 Å². The van der Waals surface area contributed by atoms with E-state index < -0.39 is 5.82 Å². The number of anilines is 3. The maximum Gasteiger partial charge on any atom is 0.248 e. The van der Waals surface area contributed by atoms with Crippen molar-refractivity contribution in [1.82, 2.24) is 14.9 Å². The molecule has 10 heteroatoms. The molecule has 2 heterocycles. The summed E-state index contributed by atoms with van der Waals surface area (Å²) in [6, 6.07) is 7.91. The molecule has 1 saturated heterocycles. The van der Waals surface area contributed by atoms with Crippen LogP contribution in [0.25, 0.3) is 10.9 Å². The Morgan fingerprint density at radius 3 is 2.92 bits per heavy atom. The van der Waals surface area contributed by atoms with Gasteiger partial charge in [-0.1, -0.05) is 17.7 Å². The normalized spacial score (nSPS) is 20.6. The third kappa shape index (κ3) is 5.28. The first-order chi connectivity index (χ1) is 17.3. The number of aromatic nitrogens is 2. The molecule has 0 unspecified atom stereocenters. The number of nitrogens with zero attached hydrogens (tertiary/aromatic N) is 3. The van der Waals surface area contributed by atoms with Crippen LogP contribution in [0.2, 0.25) is 5.02 Å². The zero-order valence-corrected chi connectivity index (χ0v) is 20.8. The van der Waals surface area contributed by atoms with Gasteiger partial charge in [0.05, 0.1) is 36.0 Å². The zero-order valence-electron chi connectivity index (χ0n) is 20.1. The second-order valence-electron chi connectivity index (χ2n) is 9.56. The smallest absolute Gasteiger partial charge is 0.248 e. The van der Waals surface area contributed by atoms with E-state index in [9.17, 15) is 9.18 Å². The van der Waals surface area contributed by atoms with Gasteiger partial charge in [0.2, 0.25) is 5.91 Å². The van der Waals surface area contributed by atoms with Crippen LogP contribution in [-0.4, -0.2) is 61.2 Å². The van der Waals surface area contributed by atoms with E-state index >= 15 is 0 Å². The van der Waals surface area contributed by atoms with Crippen molar-refractivity contribution in [2.24, 2.45) is 11.3 Å². The number of benzene rings is 2. The fourth-order valence-electron chi connectivity index (χ4n) is 4.34. The van der Waals surface area contributed by atoms with Gasteiger partial charge >= 0.3 is 0 Å². The third-order valence-electron chi connectivity index (χ3n) is 6.50. The second-order valence-corrected chi connectivity index (χ2v) is 9.97. The SMILES string of the molecule is CN(C)CC=CC(=O)Nc1cc2c(Nc3ccc(F)c(Cl)c3)ncnc2cc1OC[C@@]12COC[C@@H]1C2. The molecule has 5 rings (SSSR count). The van der Waals surface area contributed by atoms with Gasteiger partial charge in [-0.25, -0.2) is 14.4 Å². The van der Waals surface area contributed by atoms with E-state index in [4.69, 9.17) is 21.1 Å². The van der Waals surface area contributed by atoms with E-state index in [0.29, 0.717) is 59.5 Å². The maximum atomic E-state index is 13.6. The molecule has 1 amide bonds. The lowest BCUT2D eigenvalue weighted by molar-refractivity contribution is -0.111. The summed E-state index contributed by atoms with van der Waals surface area (Å²) in [7, 11) is 3.86. The largest absolute Gasteiger partial charge is 0.491 e. The molecule has 1 saturated carbocycles. The van der Waals surface area contributed by atoms with Crippen molar-refractivity contribution in [2.75, 3.05) is 51.1 Å². The minimum absolute atomic E-state index is 0.000147. The Morgan fingerprint density at radius 1 is 1.33 bits per heavy atom. The van der Waals surface area contributed by atoms with E-state index in [2.05, 4.69) is 20.6 Å². The van der Waals surface area contributed by atoms with Crippen molar-refractivity contribution in [2.45, 2.75) is 6.42 Å². The molecular weight excluding hydrogens is 485 g/mol. The van der Waals surface area contributed by atoms with Crippen molar-refractivity contribution in [3.63, 3.8) is 0 Å². The van der Waals surface area contributed by atoms with Crippen LogP contribution in [0.3, 0.4) is 0 Å². The van der Waals surface area contributed by atoms with Crippen molar-refractivity contribution in [3.8, 4) is 5.75 Å². The van der Waals surface area contributed by atoms with Gasteiger partial charge in [0.1, 0.15) is 23.7 Å². The van der Waals surface area contributed by atoms with Crippen LogP contribution in [0.1, 0.15) is 6.42 Å². The molecule has 2 aliphatic rings. The van der Waals surface area contributed by atoms with Gasteiger partial charge < -0.3 is 25.0 Å². The number of hydrogen-bond donors (Lipinski definition) is 2. The van der Waals surface area contributed by atoms with Crippen LogP contribution in [0.5, 0.6) is 5.75 Å². The number of carbonyl (C=O) groups is 1. The number of halogens is 2. The molecule has 3 aromatic rings. The fraction of sp³-hybridized carbons (Fsp3) is 0.346. The van der Waals surface area contributed by atoms with E-state index in [1.165, 1.54) is 24.5 Å². The predicted molar refractivity (Wildman–Crippen MR) is 137 cm³/mol. The number of nitrogens with one attached hydrogen (secondary N) is 2. The Hall–Kier alpha value is -3.27. The van der Waals surface area contributed by atoms with Gasteiger partial charge in [-0.15, -0.1) is 0 Å². The molecular formula is C26H27ClFN5O3. The van der Waals surface area contributed by atoms with Gasteiger partial charge in [-0.3, -0.25) is 4.79 Å². The molecule has 188 valence electrons. The van der Waals surface area contributed by atoms with E-state index in [0.717, 1.165) is 13.0 Å². The standard InChI is InChI=1S/C26H27ClFN5O3/c1-33(2)7-3-4-24(34)32-22-9-18-21(10-23(22)36-14-26-11-16(26)12-35-13-26)29-15-30-25(18)31-17-5-6-20(28)19(27)8-17/h3-6,8-10,15-16H,7,11-14H2,1-2H3,(H,32,34)(H,29,30,31)/t16-,26+/m0/s1. The minimum atomic E-state index is -0.506. The number of ether oxygens (including phenoxy) is 2. The van der Waals surface area contributed by atoms with E-state index in [1.54, 1.807) is 24.3 Å². The number of carbonyl (C=O) groups excluding carboxylic acids is 1. The average Bonchev–Trinajstić information content (AvgIpc) is 3.38. The number of hydrogen-bond acceptors (Lipinski definition) is 7. The van der Waals surface area contributed by atoms with Crippen LogP contribution >= 0.6 is 11.6 Å². The molecule has 1 aliphatic heterocycles. The highest BCUT2D eigenvalue weighted by Gasteiger charge is 2.59. The molecule has 2 fully saturated rings. The average molecular weight is 512 g/mol. The van der Waals surface area contributed by atoms with Crippen LogP contribution in [0.15, 0.2) is 48.8 Å². The molecule has 8 nitrogen and oxygen atoms in total. The van der Waals surface area contributed by atoms with Crippen LogP contribution in [0, 0.1) is 17.2 Å². The summed E-state index contributed by atoms with van der Waals surface area (Å²) in [6.07, 6.45) is 5.80. The van der Waals surface area contributed by atoms with Crippen molar-refractivity contribution in [1.29, 1.82) is 0 Å². The molecule has 2 aromatic carbocycles. The molecule has 1 aliphatic carbocycles. The van der Waals surface area contributed by atoms with Gasteiger partial charge in [-0.2, -0.15) is 0 Å². The summed E-state index contributed by atoms with van der Waals surface area (Å²) in [5, 5.41) is 6.75. The summed E-state index contributed by atoms with van der Waals surface area (Å²) in [5.41, 5.74) is 1.76. The Balaban J connectivity index is 1.45. The quantitative estimate of drug-likeness (QED) is 0.405. The number of likely N-dealkylation sites (N-methyl/N-ethyl adjacent to an activating group) is 1. The summed E-state index contributed by atoms with van der Waals surface area (Å²) < 4.78 is 25.4. The molecule has 0 bridgehead atoms. The van der Waals surface area contributed by atoms with Crippen molar-refractivity contribution in [3.05, 3.63) is 59.7 Å². The van der Waals surface area contributed by atoms with Gasteiger partial charge in [0.15, 0.2) is 0 Å². The summed E-state index contributed by atoms with van der Waals surface area (Å²) in [5.74, 6) is 0.764. The maximum absolute atomic E-state index is 13.6. The van der Waals surface area contributed by atoms with E-state index in [-0.39, 0.29) is 16.3 Å². The first-order valence-electron chi connectivity index (χ1n) is 11.7. The number of amides is 1. The van der Waals surface area contributed by atoms with E-state index in [1.807, 2.05) is 19.0 Å². The fourth-order valence-corrected chi connectivity index (χ4v) is 4.53. The van der Waals surface area contributed by atoms with Crippen molar-refractivity contribution < 1.29 is 18.7 Å². The highest BCUT2D eigenvalue weighted by Crippen LogP contribution is 2.57. The molecule has 2 N–H and O–H groups in total. The topological polar surface area (TPSA) is 88.6 Å².